The summed E-state index contributed by atoms with van der Waals surface area (Å²) in [5.74, 6) is -1.10. The van der Waals surface area contributed by atoms with Crippen molar-refractivity contribution in [1.82, 2.24) is 15.2 Å². The number of anilines is 1. The Morgan fingerprint density at radius 3 is 2.37 bits per heavy atom. The van der Waals surface area contributed by atoms with Crippen LogP contribution in [-0.4, -0.2) is 101 Å². The van der Waals surface area contributed by atoms with Crippen molar-refractivity contribution in [2.75, 3.05) is 44.6 Å². The summed E-state index contributed by atoms with van der Waals surface area (Å²) in [6, 6.07) is 14.3. The van der Waals surface area contributed by atoms with Gasteiger partial charge in [0.25, 0.3) is 11.8 Å². The van der Waals surface area contributed by atoms with Crippen LogP contribution in [0.1, 0.15) is 70.5 Å². The molecule has 11 nitrogen and oxygen atoms in total. The van der Waals surface area contributed by atoms with Gasteiger partial charge in [-0.3, -0.25) is 14.5 Å². The van der Waals surface area contributed by atoms with Crippen LogP contribution in [0.2, 0.25) is 5.02 Å². The Bertz CT molecular complexity index is 1670. The molecule has 1 fully saturated rings. The molecule has 0 spiro atoms. The molecule has 5 N–H and O–H groups in total. The minimum absolute atomic E-state index is 0.0330. The highest BCUT2D eigenvalue weighted by Gasteiger charge is 2.33. The zero-order chi connectivity index (χ0) is 37.8. The van der Waals surface area contributed by atoms with E-state index in [1.807, 2.05) is 11.0 Å². The summed E-state index contributed by atoms with van der Waals surface area (Å²) in [7, 11) is 0. The Balaban J connectivity index is 1.53. The molecular formula is C37H45ClF3N5O6. The first kappa shape index (κ1) is 40.7. The van der Waals surface area contributed by atoms with Gasteiger partial charge >= 0.3 is 6.18 Å². The third kappa shape index (κ3) is 12.9. The molecule has 0 bridgehead atoms. The van der Waals surface area contributed by atoms with Gasteiger partial charge in [0.2, 0.25) is 0 Å². The summed E-state index contributed by atoms with van der Waals surface area (Å²) in [4.78, 5) is 30.9. The molecule has 3 atom stereocenters. The van der Waals surface area contributed by atoms with Crippen LogP contribution in [-0.2, 0) is 12.7 Å². The van der Waals surface area contributed by atoms with E-state index in [0.29, 0.717) is 26.2 Å². The van der Waals surface area contributed by atoms with E-state index < -0.39 is 46.9 Å². The molecule has 0 aliphatic carbocycles. The normalized spacial score (nSPS) is 15.7. The number of β-amino-alcohol motifs (C(OH)–C–C–N with tert-alkyl or cyclic N) is 1. The van der Waals surface area contributed by atoms with Gasteiger partial charge in [0, 0.05) is 31.7 Å². The lowest BCUT2D eigenvalue weighted by atomic mass is 10.1. The second kappa shape index (κ2) is 19.1. The maximum absolute atomic E-state index is 13.5. The largest absolute Gasteiger partial charge is 0.491 e. The van der Waals surface area contributed by atoms with Crippen LogP contribution >= 0.6 is 11.6 Å². The van der Waals surface area contributed by atoms with Crippen molar-refractivity contribution in [3.05, 3.63) is 93.5 Å². The van der Waals surface area contributed by atoms with Gasteiger partial charge < -0.3 is 30.3 Å². The van der Waals surface area contributed by atoms with Crippen molar-refractivity contribution in [3.8, 4) is 5.75 Å². The van der Waals surface area contributed by atoms with Crippen molar-refractivity contribution in [2.24, 2.45) is 5.10 Å². The number of carbonyl (C=O) groups is 2. The lowest BCUT2D eigenvalue weighted by Crippen LogP contribution is -2.38. The average molecular weight is 748 g/mol. The van der Waals surface area contributed by atoms with Crippen molar-refractivity contribution in [3.63, 3.8) is 0 Å². The number of benzene rings is 3. The molecule has 3 aromatic rings. The van der Waals surface area contributed by atoms with Crippen LogP contribution in [0.15, 0.2) is 65.8 Å². The van der Waals surface area contributed by atoms with Gasteiger partial charge in [0.05, 0.1) is 40.3 Å². The van der Waals surface area contributed by atoms with E-state index in [-0.39, 0.29) is 34.7 Å². The summed E-state index contributed by atoms with van der Waals surface area (Å²) in [6.45, 7) is 6.46. The fourth-order valence-corrected chi connectivity index (χ4v) is 6.10. The second-order valence-corrected chi connectivity index (χ2v) is 13.4. The molecule has 15 heteroatoms. The van der Waals surface area contributed by atoms with E-state index in [0.717, 1.165) is 56.3 Å². The van der Waals surface area contributed by atoms with Crippen LogP contribution in [0.4, 0.5) is 18.9 Å². The zero-order valence-corrected chi connectivity index (χ0v) is 29.8. The van der Waals surface area contributed by atoms with Gasteiger partial charge in [-0.15, -0.1) is 0 Å². The van der Waals surface area contributed by atoms with Crippen molar-refractivity contribution >= 4 is 35.3 Å². The first-order valence-corrected chi connectivity index (χ1v) is 17.4. The van der Waals surface area contributed by atoms with E-state index in [9.17, 15) is 38.1 Å². The van der Waals surface area contributed by atoms with Crippen LogP contribution < -0.4 is 15.5 Å². The monoisotopic (exact) mass is 747 g/mol. The Morgan fingerprint density at radius 2 is 1.69 bits per heavy atom. The van der Waals surface area contributed by atoms with Crippen molar-refractivity contribution in [1.29, 1.82) is 0 Å². The molecule has 52 heavy (non-hydrogen) atoms. The number of rotatable bonds is 16. The number of likely N-dealkylation sites (tertiary alicyclic amines) is 1. The molecule has 3 aromatic carbocycles. The lowest BCUT2D eigenvalue weighted by Gasteiger charge is -2.28. The maximum atomic E-state index is 13.5. The molecule has 1 aliphatic rings. The minimum atomic E-state index is -4.69. The van der Waals surface area contributed by atoms with E-state index in [1.165, 1.54) is 24.3 Å². The number of halogens is 4. The Hall–Kier alpha value is -4.05. The first-order chi connectivity index (χ1) is 24.7. The van der Waals surface area contributed by atoms with E-state index in [2.05, 4.69) is 20.7 Å². The number of hydrogen-bond donors (Lipinski definition) is 5. The fraction of sp³-hybridized carbons (Fsp3) is 0.432. The van der Waals surface area contributed by atoms with Gasteiger partial charge in [0.15, 0.2) is 0 Å². The Morgan fingerprint density at radius 1 is 0.981 bits per heavy atom. The maximum Gasteiger partial charge on any atom is 0.417 e. The topological polar surface area (TPSA) is 147 Å². The number of ether oxygens (including phenoxy) is 1. The molecule has 0 saturated carbocycles. The fourth-order valence-electron chi connectivity index (χ4n) is 5.88. The standard InChI is InChI=1S/C37H45ClF3N5O6/c1-24(47)19-46(20-25(2)48)21-27-7-6-8-28(15-27)35(50)43-34-12-10-30(52-23-29(49)22-45-13-4-3-5-14-45)17-31(34)36(51)44-42-18-26-9-11-33(38)32(16-26)37(39,40)41/h6-12,15-18,24-25,29,47-49H,3-5,13-14,19-23H2,1-2H3,(H,43,50)(H,44,51)/b42-18+. The SMILES string of the molecule is CC(O)CN(Cc1cccc(C(=O)Nc2ccc(OCC(O)CN3CCCCC3)cc2C(=O)N/N=C/c2ccc(Cl)c(C(F)(F)F)c2)c1)CC(C)O. The molecule has 1 saturated heterocycles. The molecule has 0 aromatic heterocycles. The van der Waals surface area contributed by atoms with Gasteiger partial charge in [0.1, 0.15) is 18.5 Å². The molecule has 2 amide bonds. The lowest BCUT2D eigenvalue weighted by molar-refractivity contribution is -0.137. The predicted molar refractivity (Wildman–Crippen MR) is 193 cm³/mol. The molecular weight excluding hydrogens is 703 g/mol. The number of hydrazone groups is 1. The van der Waals surface area contributed by atoms with E-state index >= 15 is 0 Å². The van der Waals surface area contributed by atoms with Crippen LogP contribution in [0.5, 0.6) is 5.75 Å². The van der Waals surface area contributed by atoms with Gasteiger partial charge in [-0.1, -0.05) is 36.2 Å². The third-order valence-corrected chi connectivity index (χ3v) is 8.49. The minimum Gasteiger partial charge on any atom is -0.491 e. The Labute approximate surface area is 306 Å². The number of alkyl halides is 3. The first-order valence-electron chi connectivity index (χ1n) is 17.0. The third-order valence-electron chi connectivity index (χ3n) is 8.16. The predicted octanol–water partition coefficient (Wildman–Crippen LogP) is 5.16. The number of nitrogens with one attached hydrogen (secondary N) is 2. The highest BCUT2D eigenvalue weighted by molar-refractivity contribution is 6.31. The molecule has 0 radical (unpaired) electrons. The second-order valence-electron chi connectivity index (χ2n) is 13.0. The number of hydrogen-bond acceptors (Lipinski definition) is 9. The molecule has 1 aliphatic heterocycles. The molecule has 3 unspecified atom stereocenters. The molecule has 282 valence electrons. The summed E-state index contributed by atoms with van der Waals surface area (Å²) in [5, 5.41) is 36.5. The van der Waals surface area contributed by atoms with Gasteiger partial charge in [-0.25, -0.2) is 5.43 Å². The number of carbonyl (C=O) groups excluding carboxylic acids is 2. The highest BCUT2D eigenvalue weighted by Crippen LogP contribution is 2.35. The van der Waals surface area contributed by atoms with Gasteiger partial charge in [-0.05, 0) is 93.4 Å². The van der Waals surface area contributed by atoms with Crippen LogP contribution in [0.25, 0.3) is 0 Å². The average Bonchev–Trinajstić information content (AvgIpc) is 3.08. The van der Waals surface area contributed by atoms with Crippen LogP contribution in [0, 0.1) is 0 Å². The van der Waals surface area contributed by atoms with Gasteiger partial charge in [-0.2, -0.15) is 18.3 Å². The van der Waals surface area contributed by atoms with E-state index in [4.69, 9.17) is 16.3 Å². The number of aliphatic hydroxyl groups excluding tert-OH is 3. The number of aliphatic hydroxyl groups is 3. The number of piperidine rings is 1. The quantitative estimate of drug-likeness (QED) is 0.0998. The van der Waals surface area contributed by atoms with E-state index in [1.54, 1.807) is 32.0 Å². The Kier molecular flexibility index (Phi) is 15.0. The molecule has 1 heterocycles. The zero-order valence-electron chi connectivity index (χ0n) is 29.1. The van der Waals surface area contributed by atoms with Crippen LogP contribution in [0.3, 0.4) is 0 Å². The van der Waals surface area contributed by atoms with Crippen molar-refractivity contribution in [2.45, 2.75) is 64.1 Å². The number of nitrogens with zero attached hydrogens (tertiary/aromatic N) is 3. The number of amides is 2. The summed E-state index contributed by atoms with van der Waals surface area (Å²) in [6.07, 6.45) is -2.41. The summed E-state index contributed by atoms with van der Waals surface area (Å²) in [5.41, 5.74) is 2.34. The van der Waals surface area contributed by atoms with Crippen molar-refractivity contribution < 1.29 is 42.8 Å². The smallest absolute Gasteiger partial charge is 0.417 e. The summed E-state index contributed by atoms with van der Waals surface area (Å²) < 4.78 is 45.8. The molecule has 4 rings (SSSR count). The highest BCUT2D eigenvalue weighted by atomic mass is 35.5. The summed E-state index contributed by atoms with van der Waals surface area (Å²) >= 11 is 5.70.